The van der Waals surface area contributed by atoms with Gasteiger partial charge in [-0.3, -0.25) is 0 Å². The van der Waals surface area contributed by atoms with Gasteiger partial charge in [-0.2, -0.15) is 5.26 Å². The number of likely N-dealkylation sites (tertiary alicyclic amines) is 1. The maximum Gasteiger partial charge on any atom is 0.182 e. The van der Waals surface area contributed by atoms with E-state index < -0.39 is 0 Å². The summed E-state index contributed by atoms with van der Waals surface area (Å²) < 4.78 is 18.9. The molecule has 8 atom stereocenters. The Hall–Kier alpha value is -1.47. The lowest BCUT2D eigenvalue weighted by atomic mass is 9.57. The van der Waals surface area contributed by atoms with Crippen molar-refractivity contribution >= 4 is 43.3 Å². The van der Waals surface area contributed by atoms with Crippen LogP contribution in [0, 0.1) is 57.0 Å². The summed E-state index contributed by atoms with van der Waals surface area (Å²) in [6, 6.07) is 1.08. The summed E-state index contributed by atoms with van der Waals surface area (Å²) in [5, 5.41) is 21.6. The molecule has 10 nitrogen and oxygen atoms in total. The summed E-state index contributed by atoms with van der Waals surface area (Å²) >= 11 is 8.80. The van der Waals surface area contributed by atoms with Gasteiger partial charge in [0.2, 0.25) is 0 Å². The van der Waals surface area contributed by atoms with Crippen molar-refractivity contribution < 1.29 is 37.8 Å². The van der Waals surface area contributed by atoms with E-state index in [-0.39, 0.29) is 16.9 Å². The van der Waals surface area contributed by atoms with Gasteiger partial charge in [0.15, 0.2) is 11.8 Å². The minimum absolute atomic E-state index is 0.0477. The van der Waals surface area contributed by atoms with Crippen LogP contribution in [0.4, 0.5) is 0 Å². The number of rotatable bonds is 18. The minimum Gasteiger partial charge on any atom is -0.490 e. The van der Waals surface area contributed by atoms with E-state index in [4.69, 9.17) is 14.5 Å². The molecule has 2 aliphatic heterocycles. The molecule has 1 saturated heterocycles. The number of hydrogen-bond acceptors (Lipinski definition) is 12. The van der Waals surface area contributed by atoms with Crippen LogP contribution in [-0.4, -0.2) is 64.9 Å². The summed E-state index contributed by atoms with van der Waals surface area (Å²) in [7, 11) is 0. The number of fused-ring (bicyclic) bond motifs is 6. The van der Waals surface area contributed by atoms with Crippen molar-refractivity contribution in [2.45, 2.75) is 186 Å². The van der Waals surface area contributed by atoms with Crippen LogP contribution in [0.2, 0.25) is 0 Å². The van der Waals surface area contributed by atoms with Crippen LogP contribution >= 0.6 is 37.6 Å². The smallest absolute Gasteiger partial charge is 0.182 e. The predicted octanol–water partition coefficient (Wildman–Crippen LogP) is 12.6. The Morgan fingerprint density at radius 3 is 2.11 bits per heavy atom. The predicted molar refractivity (Wildman–Crippen MR) is 258 cm³/mol. The molecule has 0 aromatic rings. The highest BCUT2D eigenvalue weighted by Gasteiger charge is 2.60. The van der Waals surface area contributed by atoms with E-state index in [2.05, 4.69) is 111 Å². The average molecular weight is 941 g/mol. The summed E-state index contributed by atoms with van der Waals surface area (Å²) in [5.41, 5.74) is 5.66. The molecule has 6 aliphatic carbocycles. The van der Waals surface area contributed by atoms with Crippen LogP contribution in [0.5, 0.6) is 0 Å². The van der Waals surface area contributed by atoms with E-state index in [0.29, 0.717) is 42.4 Å². The highest BCUT2D eigenvalue weighted by molar-refractivity contribution is 8.04. The van der Waals surface area contributed by atoms with E-state index in [1.54, 1.807) is 0 Å². The Morgan fingerprint density at radius 1 is 0.734 bits per heavy atom. The monoisotopic (exact) mass is 940 g/mol. The third-order valence-corrected chi connectivity index (χ3v) is 18.7. The van der Waals surface area contributed by atoms with Gasteiger partial charge >= 0.3 is 0 Å². The largest absolute Gasteiger partial charge is 0.490 e. The number of allylic oxidation sites excluding steroid dienone is 7. The van der Waals surface area contributed by atoms with Crippen molar-refractivity contribution in [3.05, 3.63) is 46.9 Å². The quantitative estimate of drug-likeness (QED) is 0.0263. The van der Waals surface area contributed by atoms with Gasteiger partial charge in [0.05, 0.1) is 24.7 Å². The average Bonchev–Trinajstić information content (AvgIpc) is 3.66. The second-order valence-electron chi connectivity index (χ2n) is 21.6. The molecule has 64 heavy (non-hydrogen) atoms. The summed E-state index contributed by atoms with van der Waals surface area (Å²) in [4.78, 5) is 13.3. The Labute approximate surface area is 400 Å². The molecule has 356 valence electrons. The lowest BCUT2D eigenvalue weighted by Crippen LogP contribution is -2.46. The maximum atomic E-state index is 9.44. The van der Waals surface area contributed by atoms with Crippen LogP contribution in [-0.2, 0) is 33.3 Å². The molecular weight excluding hydrogens is 863 g/mol. The zero-order valence-corrected chi connectivity index (χ0v) is 41.9. The van der Waals surface area contributed by atoms with Gasteiger partial charge < -0.3 is 9.64 Å². The fraction of sp³-hybridized carbons (Fsp3) is 0.804. The fourth-order valence-electron chi connectivity index (χ4n) is 15.1. The summed E-state index contributed by atoms with van der Waals surface area (Å²) in [6.07, 6.45) is 35.1. The highest BCUT2D eigenvalue weighted by atomic mass is 32.2. The van der Waals surface area contributed by atoms with Gasteiger partial charge in [0.1, 0.15) is 17.7 Å². The van der Waals surface area contributed by atoms with E-state index in [0.717, 1.165) is 100 Å². The number of ether oxygens (including phenoxy) is 1. The first-order valence-corrected chi connectivity index (χ1v) is 26.9. The van der Waals surface area contributed by atoms with E-state index in [9.17, 15) is 5.26 Å². The lowest BCUT2D eigenvalue weighted by Gasteiger charge is -2.47. The Morgan fingerprint density at radius 2 is 1.41 bits per heavy atom. The van der Waals surface area contributed by atoms with Crippen LogP contribution in [0.1, 0.15) is 163 Å². The van der Waals surface area contributed by atoms with Crippen LogP contribution in [0.25, 0.3) is 0 Å². The highest BCUT2D eigenvalue weighted by Crippen LogP contribution is 2.60. The molecule has 2 heterocycles. The van der Waals surface area contributed by atoms with E-state index in [1.165, 1.54) is 111 Å². The van der Waals surface area contributed by atoms with Crippen molar-refractivity contribution in [2.75, 3.05) is 26.3 Å². The Kier molecular flexibility index (Phi) is 17.4. The summed E-state index contributed by atoms with van der Waals surface area (Å²) in [5.74, 6) is 5.68. The molecule has 0 radical (unpaired) electrons. The molecule has 0 aromatic carbocycles. The lowest BCUT2D eigenvalue weighted by molar-refractivity contribution is -0.571. The van der Waals surface area contributed by atoms with E-state index >= 15 is 0 Å². The first kappa shape index (κ1) is 49.0. The first-order valence-electron chi connectivity index (χ1n) is 25.3. The molecule has 8 rings (SSSR count). The molecule has 5 saturated carbocycles. The van der Waals surface area contributed by atoms with Crippen molar-refractivity contribution in [1.82, 2.24) is 4.90 Å². The summed E-state index contributed by atoms with van der Waals surface area (Å²) in [6.45, 7) is 12.9. The molecule has 0 bridgehead atoms. The molecule has 0 spiro atoms. The number of thiol groups is 2. The number of nitrogens with zero attached hydrogens (tertiary/aromatic N) is 3. The first-order chi connectivity index (χ1) is 31.2. The van der Waals surface area contributed by atoms with Gasteiger partial charge in [0, 0.05) is 79.6 Å². The number of nitriles is 1. The maximum absolute atomic E-state index is 9.44. The number of hydrogen-bond donors (Lipinski definition) is 2. The normalized spacial score (nSPS) is 36.0. The second-order valence-corrected chi connectivity index (χ2v) is 23.0. The molecule has 8 unspecified atom stereocenters. The topological polar surface area (TPSA) is 94.7 Å². The molecule has 13 heteroatoms. The zero-order chi connectivity index (χ0) is 44.7. The number of thioether (sulfide) groups is 1. The third kappa shape index (κ3) is 10.7. The van der Waals surface area contributed by atoms with Crippen molar-refractivity contribution in [3.63, 3.8) is 0 Å². The number of thiocyanates is 1. The second kappa shape index (κ2) is 22.8. The van der Waals surface area contributed by atoms with Crippen LogP contribution < -0.4 is 0 Å². The fourth-order valence-corrected chi connectivity index (χ4v) is 15.9. The molecule has 8 aliphatic rings. The van der Waals surface area contributed by atoms with Gasteiger partial charge in [0.25, 0.3) is 0 Å². The van der Waals surface area contributed by atoms with Gasteiger partial charge in [-0.1, -0.05) is 68.5 Å². The Balaban J connectivity index is 1.14. The van der Waals surface area contributed by atoms with Gasteiger partial charge in [-0.15, -0.1) is 8.67 Å². The minimum atomic E-state index is 0.0477. The van der Waals surface area contributed by atoms with Crippen LogP contribution in [0.3, 0.4) is 0 Å². The SMILES string of the molecule is CC1(C)C(/C=C/C2=C(OC3CCC(SC#N)CC3)C(=C/C=C3/N(CCCOOOS)C4CCC5CCCCC5C4C3(C)C)/CCC2)=[N+](CCCOOOS)C2CCC3CCCCC3C21. The van der Waals surface area contributed by atoms with E-state index in [1.807, 2.05) is 0 Å². The molecular formula is C51H78N3O7S3+. The molecule has 0 aromatic heterocycles. The van der Waals surface area contributed by atoms with Crippen LogP contribution in [0.15, 0.2) is 46.9 Å². The molecule has 6 fully saturated rings. The molecule has 0 N–H and O–H groups in total. The zero-order valence-electron chi connectivity index (χ0n) is 39.3. The third-order valence-electron chi connectivity index (χ3n) is 17.7. The Bertz CT molecular complexity index is 1780. The van der Waals surface area contributed by atoms with Gasteiger partial charge in [-0.25, -0.2) is 14.4 Å². The van der Waals surface area contributed by atoms with Gasteiger partial charge in [-0.05, 0) is 162 Å². The van der Waals surface area contributed by atoms with Crippen molar-refractivity contribution in [2.24, 2.45) is 46.3 Å². The molecule has 0 amide bonds. The standard InChI is InChI=1S/C51H77N3O7S3/c1-50(2)45(53(30-10-32-55-58-60-62)43-26-18-35-12-5-7-16-41(35)47(43)50)28-20-37-14-9-15-38(49(37)57-39-22-24-40(25-23-39)64-34-52)21-29-46-51(3,4)48-42-17-8-6-13-36(42)19-27-44(48)54(46)31-11-33-56-59-61-63/h20-21,28-29,35-36,39-44,47-48H,5-19,22-27,30-33H2,1-4H3,(H-,62,63)/p+1. The van der Waals surface area contributed by atoms with Crippen molar-refractivity contribution in [1.29, 1.82) is 5.26 Å². The van der Waals surface area contributed by atoms with Crippen molar-refractivity contribution in [3.8, 4) is 5.40 Å².